The second kappa shape index (κ2) is 6.26. The third kappa shape index (κ3) is 3.24. The predicted octanol–water partition coefficient (Wildman–Crippen LogP) is 1.00. The highest BCUT2D eigenvalue weighted by atomic mass is 16.5. The molecule has 2 fully saturated rings. The molecule has 0 aliphatic carbocycles. The first-order chi connectivity index (χ1) is 10.2. The molecule has 114 valence electrons. The van der Waals surface area contributed by atoms with Gasteiger partial charge >= 0.3 is 5.97 Å². The molecule has 0 saturated carbocycles. The molecule has 2 aliphatic rings. The lowest BCUT2D eigenvalue weighted by molar-refractivity contribution is 0.0690. The van der Waals surface area contributed by atoms with Gasteiger partial charge in [0.05, 0.1) is 13.2 Å². The van der Waals surface area contributed by atoms with Gasteiger partial charge < -0.3 is 19.6 Å². The van der Waals surface area contributed by atoms with Crippen molar-refractivity contribution in [1.82, 2.24) is 9.97 Å². The van der Waals surface area contributed by atoms with Crippen molar-refractivity contribution in [2.24, 2.45) is 0 Å². The van der Waals surface area contributed by atoms with E-state index < -0.39 is 5.97 Å². The van der Waals surface area contributed by atoms with Crippen LogP contribution in [0.25, 0.3) is 0 Å². The molecule has 1 N–H and O–H groups in total. The summed E-state index contributed by atoms with van der Waals surface area (Å²) in [6.45, 7) is 4.50. The van der Waals surface area contributed by atoms with Gasteiger partial charge in [-0.2, -0.15) is 4.98 Å². The highest BCUT2D eigenvalue weighted by Crippen LogP contribution is 2.22. The number of carbonyl (C=O) groups is 1. The van der Waals surface area contributed by atoms with Crippen molar-refractivity contribution in [3.05, 3.63) is 11.8 Å². The van der Waals surface area contributed by atoms with Gasteiger partial charge in [0.2, 0.25) is 5.95 Å². The molecular weight excluding hydrogens is 272 g/mol. The van der Waals surface area contributed by atoms with Gasteiger partial charge in [0.1, 0.15) is 5.82 Å². The molecule has 7 heteroatoms. The van der Waals surface area contributed by atoms with Gasteiger partial charge in [-0.15, -0.1) is 0 Å². The molecule has 0 unspecified atom stereocenters. The van der Waals surface area contributed by atoms with Crippen LogP contribution in [-0.4, -0.2) is 60.4 Å². The summed E-state index contributed by atoms with van der Waals surface area (Å²) in [6, 6.07) is 1.58. The van der Waals surface area contributed by atoms with E-state index in [1.807, 2.05) is 4.90 Å². The van der Waals surface area contributed by atoms with Crippen LogP contribution >= 0.6 is 0 Å². The number of aromatic nitrogens is 2. The number of rotatable bonds is 3. The normalized spacial score (nSPS) is 19.6. The van der Waals surface area contributed by atoms with Gasteiger partial charge in [-0.25, -0.2) is 9.78 Å². The van der Waals surface area contributed by atoms with Gasteiger partial charge in [-0.1, -0.05) is 0 Å². The average Bonchev–Trinajstić information content (AvgIpc) is 2.56. The first-order valence-electron chi connectivity index (χ1n) is 7.44. The zero-order valence-electron chi connectivity index (χ0n) is 12.0. The molecule has 0 amide bonds. The Bertz CT molecular complexity index is 475. The molecule has 0 atom stereocenters. The average molecular weight is 292 g/mol. The topological polar surface area (TPSA) is 78.8 Å². The van der Waals surface area contributed by atoms with Crippen molar-refractivity contribution in [2.45, 2.75) is 19.3 Å². The summed E-state index contributed by atoms with van der Waals surface area (Å²) in [6.07, 6.45) is 3.47. The number of aromatic carboxylic acids is 1. The molecule has 2 saturated heterocycles. The summed E-state index contributed by atoms with van der Waals surface area (Å²) < 4.78 is 5.32. The summed E-state index contributed by atoms with van der Waals surface area (Å²) in [5.74, 6) is 0.215. The highest BCUT2D eigenvalue weighted by molar-refractivity contribution is 5.86. The van der Waals surface area contributed by atoms with Crippen molar-refractivity contribution in [3.8, 4) is 0 Å². The standard InChI is InChI=1S/C14H20N4O3/c19-13(20)11-10-12(17-4-2-1-3-5-17)16-14(15-11)18-6-8-21-9-7-18/h10H,1-9H2,(H,19,20). The van der Waals surface area contributed by atoms with Gasteiger partial charge in [0.15, 0.2) is 5.69 Å². The molecule has 0 spiro atoms. The number of anilines is 2. The lowest BCUT2D eigenvalue weighted by atomic mass is 10.1. The van der Waals surface area contributed by atoms with E-state index in [2.05, 4.69) is 14.9 Å². The molecule has 3 heterocycles. The van der Waals surface area contributed by atoms with Crippen LogP contribution in [0.2, 0.25) is 0 Å². The Kier molecular flexibility index (Phi) is 4.19. The molecule has 2 aliphatic heterocycles. The maximum absolute atomic E-state index is 11.3. The predicted molar refractivity (Wildman–Crippen MR) is 78.1 cm³/mol. The van der Waals surface area contributed by atoms with E-state index in [0.717, 1.165) is 31.7 Å². The first-order valence-corrected chi connectivity index (χ1v) is 7.44. The number of hydrogen-bond donors (Lipinski definition) is 1. The maximum Gasteiger partial charge on any atom is 0.354 e. The number of hydrogen-bond acceptors (Lipinski definition) is 6. The van der Waals surface area contributed by atoms with Crippen LogP contribution in [0.4, 0.5) is 11.8 Å². The van der Waals surface area contributed by atoms with Crippen molar-refractivity contribution in [1.29, 1.82) is 0 Å². The number of carboxylic acids is 1. The monoisotopic (exact) mass is 292 g/mol. The number of morpholine rings is 1. The minimum absolute atomic E-state index is 0.0621. The van der Waals surface area contributed by atoms with Crippen LogP contribution in [0.5, 0.6) is 0 Å². The number of ether oxygens (including phenoxy) is 1. The zero-order valence-corrected chi connectivity index (χ0v) is 12.0. The molecule has 0 aromatic carbocycles. The summed E-state index contributed by atoms with van der Waals surface area (Å²) in [5, 5.41) is 9.28. The SMILES string of the molecule is O=C(O)c1cc(N2CCCCC2)nc(N2CCOCC2)n1. The summed E-state index contributed by atoms with van der Waals surface area (Å²) in [7, 11) is 0. The number of carboxylic acid groups (broad SMARTS) is 1. The second-order valence-corrected chi connectivity index (χ2v) is 5.36. The van der Waals surface area contributed by atoms with E-state index in [9.17, 15) is 9.90 Å². The number of piperidine rings is 1. The van der Waals surface area contributed by atoms with Crippen molar-refractivity contribution >= 4 is 17.7 Å². The molecule has 1 aromatic heterocycles. The Morgan fingerprint density at radius 3 is 2.43 bits per heavy atom. The summed E-state index contributed by atoms with van der Waals surface area (Å²) in [5.41, 5.74) is 0.0621. The fraction of sp³-hybridized carbons (Fsp3) is 0.643. The fourth-order valence-electron chi connectivity index (χ4n) is 2.72. The molecular formula is C14H20N4O3. The van der Waals surface area contributed by atoms with Crippen LogP contribution in [0.15, 0.2) is 6.07 Å². The summed E-state index contributed by atoms with van der Waals surface area (Å²) >= 11 is 0. The molecule has 1 aromatic rings. The second-order valence-electron chi connectivity index (χ2n) is 5.36. The van der Waals surface area contributed by atoms with E-state index in [0.29, 0.717) is 32.3 Å². The smallest absolute Gasteiger partial charge is 0.354 e. The minimum Gasteiger partial charge on any atom is -0.477 e. The zero-order chi connectivity index (χ0) is 14.7. The quantitative estimate of drug-likeness (QED) is 0.890. The molecule has 0 radical (unpaired) electrons. The lowest BCUT2D eigenvalue weighted by Crippen LogP contribution is -2.38. The van der Waals surface area contributed by atoms with E-state index in [-0.39, 0.29) is 5.69 Å². The van der Waals surface area contributed by atoms with E-state index >= 15 is 0 Å². The highest BCUT2D eigenvalue weighted by Gasteiger charge is 2.21. The Morgan fingerprint density at radius 2 is 1.76 bits per heavy atom. The minimum atomic E-state index is -1.01. The number of nitrogens with zero attached hydrogens (tertiary/aromatic N) is 4. The van der Waals surface area contributed by atoms with Crippen LogP contribution in [0.1, 0.15) is 29.8 Å². The van der Waals surface area contributed by atoms with Gasteiger partial charge in [-0.05, 0) is 19.3 Å². The van der Waals surface area contributed by atoms with Gasteiger partial charge in [0, 0.05) is 32.2 Å². The van der Waals surface area contributed by atoms with Crippen LogP contribution in [-0.2, 0) is 4.74 Å². The molecule has 3 rings (SSSR count). The third-order valence-corrected chi connectivity index (χ3v) is 3.89. The van der Waals surface area contributed by atoms with Crippen LogP contribution in [0.3, 0.4) is 0 Å². The first kappa shape index (κ1) is 14.1. The molecule has 21 heavy (non-hydrogen) atoms. The third-order valence-electron chi connectivity index (χ3n) is 3.89. The lowest BCUT2D eigenvalue weighted by Gasteiger charge is -2.30. The van der Waals surface area contributed by atoms with Crippen molar-refractivity contribution < 1.29 is 14.6 Å². The van der Waals surface area contributed by atoms with Crippen molar-refractivity contribution in [2.75, 3.05) is 49.2 Å². The van der Waals surface area contributed by atoms with Crippen LogP contribution in [0, 0.1) is 0 Å². The Labute approximate surface area is 123 Å². The van der Waals surface area contributed by atoms with Gasteiger partial charge in [-0.3, -0.25) is 0 Å². The van der Waals surface area contributed by atoms with E-state index in [4.69, 9.17) is 4.74 Å². The fourth-order valence-corrected chi connectivity index (χ4v) is 2.72. The van der Waals surface area contributed by atoms with Crippen LogP contribution < -0.4 is 9.80 Å². The Balaban J connectivity index is 1.91. The van der Waals surface area contributed by atoms with Gasteiger partial charge in [0.25, 0.3) is 0 Å². The Hall–Kier alpha value is -1.89. The van der Waals surface area contributed by atoms with E-state index in [1.54, 1.807) is 6.07 Å². The summed E-state index contributed by atoms with van der Waals surface area (Å²) in [4.78, 5) is 24.2. The van der Waals surface area contributed by atoms with E-state index in [1.165, 1.54) is 6.42 Å². The largest absolute Gasteiger partial charge is 0.477 e. The van der Waals surface area contributed by atoms with Crippen molar-refractivity contribution in [3.63, 3.8) is 0 Å². The molecule has 0 bridgehead atoms. The molecule has 7 nitrogen and oxygen atoms in total. The Morgan fingerprint density at radius 1 is 1.05 bits per heavy atom. The maximum atomic E-state index is 11.3.